The molecule has 0 bridgehead atoms. The van der Waals surface area contributed by atoms with Gasteiger partial charge in [-0.2, -0.15) is 0 Å². The highest BCUT2D eigenvalue weighted by atomic mass is 32.2. The quantitative estimate of drug-likeness (QED) is 0.430. The fourth-order valence-electron chi connectivity index (χ4n) is 3.25. The summed E-state index contributed by atoms with van der Waals surface area (Å²) in [5.41, 5.74) is 2.17. The van der Waals surface area contributed by atoms with E-state index in [2.05, 4.69) is 25.1 Å². The molecule has 0 aliphatic rings. The zero-order valence-electron chi connectivity index (χ0n) is 15.6. The lowest BCUT2D eigenvalue weighted by Gasteiger charge is -2.09. The summed E-state index contributed by atoms with van der Waals surface area (Å²) in [7, 11) is 3.08. The van der Waals surface area contributed by atoms with Crippen LogP contribution in [0.25, 0.3) is 27.7 Å². The summed E-state index contributed by atoms with van der Waals surface area (Å²) in [6.07, 6.45) is 0. The maximum absolute atomic E-state index is 12.5. The molecule has 29 heavy (non-hydrogen) atoms. The third-order valence-corrected chi connectivity index (χ3v) is 5.55. The monoisotopic (exact) mass is 408 g/mol. The van der Waals surface area contributed by atoms with Gasteiger partial charge in [0.05, 0.1) is 41.9 Å². The van der Waals surface area contributed by atoms with Crippen LogP contribution in [0, 0.1) is 0 Å². The average molecular weight is 408 g/mol. The lowest BCUT2D eigenvalue weighted by Crippen LogP contribution is -2.11. The fraction of sp³-hybridized carbons (Fsp3) is 0.158. The van der Waals surface area contributed by atoms with Crippen LogP contribution in [0.4, 0.5) is 0 Å². The number of H-pyrrole nitrogens is 2. The Labute approximate surface area is 168 Å². The second-order valence-corrected chi connectivity index (χ2v) is 7.23. The van der Waals surface area contributed by atoms with Crippen LogP contribution in [0.1, 0.15) is 5.82 Å². The van der Waals surface area contributed by atoms with Gasteiger partial charge in [0.25, 0.3) is 5.56 Å². The number of hydrogen-bond donors (Lipinski definition) is 2. The molecule has 3 heterocycles. The van der Waals surface area contributed by atoms with Crippen molar-refractivity contribution in [3.8, 4) is 11.5 Å². The summed E-state index contributed by atoms with van der Waals surface area (Å²) >= 11 is 1.46. The van der Waals surface area contributed by atoms with Crippen molar-refractivity contribution in [1.29, 1.82) is 0 Å². The SMILES string of the molecule is COc1cc2nc(CSc3n[nH]c4nc5ccccc5n34)[nH]c(=O)c2cc1OC. The van der Waals surface area contributed by atoms with Crippen LogP contribution in [-0.2, 0) is 5.75 Å². The number of fused-ring (bicyclic) bond motifs is 4. The van der Waals surface area contributed by atoms with Crippen molar-refractivity contribution >= 4 is 39.5 Å². The van der Waals surface area contributed by atoms with Gasteiger partial charge in [0.2, 0.25) is 5.78 Å². The maximum atomic E-state index is 12.5. The van der Waals surface area contributed by atoms with Crippen molar-refractivity contribution in [2.45, 2.75) is 10.9 Å². The molecule has 0 saturated carbocycles. The number of para-hydroxylation sites is 2. The molecule has 9 nitrogen and oxygen atoms in total. The molecule has 146 valence electrons. The van der Waals surface area contributed by atoms with Crippen molar-refractivity contribution in [3.05, 3.63) is 52.6 Å². The summed E-state index contributed by atoms with van der Waals surface area (Å²) < 4.78 is 12.5. The van der Waals surface area contributed by atoms with Gasteiger partial charge < -0.3 is 14.5 Å². The van der Waals surface area contributed by atoms with Crippen LogP contribution in [0.3, 0.4) is 0 Å². The van der Waals surface area contributed by atoms with Gasteiger partial charge in [-0.1, -0.05) is 23.9 Å². The lowest BCUT2D eigenvalue weighted by atomic mass is 10.2. The molecule has 5 aromatic rings. The van der Waals surface area contributed by atoms with Gasteiger partial charge in [0, 0.05) is 6.07 Å². The molecule has 3 aromatic heterocycles. The number of ether oxygens (including phenoxy) is 2. The lowest BCUT2D eigenvalue weighted by molar-refractivity contribution is 0.355. The van der Waals surface area contributed by atoms with Crippen LogP contribution >= 0.6 is 11.8 Å². The third-order valence-electron chi connectivity index (χ3n) is 4.60. The number of aromatic amines is 2. The smallest absolute Gasteiger partial charge is 0.258 e. The molecule has 0 unspecified atom stereocenters. The first-order valence-electron chi connectivity index (χ1n) is 8.77. The standard InChI is InChI=1S/C19H16N6O3S/c1-27-14-7-10-12(8-15(14)28-2)20-16(22-17(10)26)9-29-19-24-23-18-21-11-5-3-4-6-13(11)25(18)19/h3-8H,9H2,1-2H3,(H,21,23)(H,20,22,26). The summed E-state index contributed by atoms with van der Waals surface area (Å²) in [5, 5.41) is 8.46. The van der Waals surface area contributed by atoms with Crippen molar-refractivity contribution in [2.24, 2.45) is 0 Å². The zero-order chi connectivity index (χ0) is 20.0. The normalized spacial score (nSPS) is 11.5. The van der Waals surface area contributed by atoms with Crippen LogP contribution in [-0.4, -0.2) is 43.8 Å². The van der Waals surface area contributed by atoms with E-state index >= 15 is 0 Å². The second-order valence-electron chi connectivity index (χ2n) is 6.29. The van der Waals surface area contributed by atoms with Crippen LogP contribution in [0.2, 0.25) is 0 Å². The first-order valence-corrected chi connectivity index (χ1v) is 9.76. The topological polar surface area (TPSA) is 110 Å². The molecule has 10 heteroatoms. The molecule has 2 aromatic carbocycles. The van der Waals surface area contributed by atoms with E-state index in [1.807, 2.05) is 28.7 Å². The summed E-state index contributed by atoms with van der Waals surface area (Å²) in [6, 6.07) is 11.2. The van der Waals surface area contributed by atoms with E-state index in [0.717, 1.165) is 16.2 Å². The minimum absolute atomic E-state index is 0.230. The second kappa shape index (κ2) is 6.82. The molecule has 5 rings (SSSR count). The van der Waals surface area contributed by atoms with E-state index in [1.165, 1.54) is 18.9 Å². The number of imidazole rings is 1. The molecule has 2 N–H and O–H groups in total. The van der Waals surface area contributed by atoms with Crippen molar-refractivity contribution < 1.29 is 9.47 Å². The van der Waals surface area contributed by atoms with Gasteiger partial charge >= 0.3 is 0 Å². The molecule has 0 aliphatic carbocycles. The highest BCUT2D eigenvalue weighted by Gasteiger charge is 2.14. The minimum Gasteiger partial charge on any atom is -0.493 e. The number of rotatable bonds is 5. The largest absolute Gasteiger partial charge is 0.493 e. The average Bonchev–Trinajstić information content (AvgIpc) is 3.30. The summed E-state index contributed by atoms with van der Waals surface area (Å²) in [6.45, 7) is 0. The number of nitrogens with zero attached hydrogens (tertiary/aromatic N) is 4. The molecule has 0 atom stereocenters. The molecular weight excluding hydrogens is 392 g/mol. The number of benzene rings is 2. The van der Waals surface area contributed by atoms with E-state index in [9.17, 15) is 4.79 Å². The zero-order valence-corrected chi connectivity index (χ0v) is 16.4. The van der Waals surface area contributed by atoms with Crippen molar-refractivity contribution in [1.82, 2.24) is 29.5 Å². The van der Waals surface area contributed by atoms with Crippen LogP contribution in [0.15, 0.2) is 46.3 Å². The predicted octanol–water partition coefficient (Wildman–Crippen LogP) is 2.76. The van der Waals surface area contributed by atoms with E-state index in [4.69, 9.17) is 9.47 Å². The van der Waals surface area contributed by atoms with Gasteiger partial charge in [-0.25, -0.2) is 15.1 Å². The molecule has 0 radical (unpaired) electrons. The highest BCUT2D eigenvalue weighted by Crippen LogP contribution is 2.30. The van der Waals surface area contributed by atoms with E-state index in [1.54, 1.807) is 19.2 Å². The number of methoxy groups -OCH3 is 2. The number of aromatic nitrogens is 6. The van der Waals surface area contributed by atoms with Crippen LogP contribution in [0.5, 0.6) is 11.5 Å². The Balaban J connectivity index is 1.51. The van der Waals surface area contributed by atoms with Gasteiger partial charge in [-0.05, 0) is 18.2 Å². The first kappa shape index (κ1) is 17.6. The Morgan fingerprint density at radius 3 is 2.69 bits per heavy atom. The summed E-state index contributed by atoms with van der Waals surface area (Å²) in [4.78, 5) is 24.5. The van der Waals surface area contributed by atoms with Gasteiger partial charge in [0.15, 0.2) is 16.7 Å². The van der Waals surface area contributed by atoms with E-state index in [0.29, 0.717) is 39.8 Å². The maximum Gasteiger partial charge on any atom is 0.258 e. The molecule has 0 fully saturated rings. The minimum atomic E-state index is -0.230. The number of nitrogens with one attached hydrogen (secondary N) is 2. The Morgan fingerprint density at radius 1 is 1.07 bits per heavy atom. The predicted molar refractivity (Wildman–Crippen MR) is 110 cm³/mol. The summed E-state index contributed by atoms with van der Waals surface area (Å²) in [5.74, 6) is 2.66. The van der Waals surface area contributed by atoms with Crippen molar-refractivity contribution in [3.63, 3.8) is 0 Å². The number of thioether (sulfide) groups is 1. The Morgan fingerprint density at radius 2 is 1.86 bits per heavy atom. The van der Waals surface area contributed by atoms with Gasteiger partial charge in [-0.3, -0.25) is 9.20 Å². The highest BCUT2D eigenvalue weighted by molar-refractivity contribution is 7.98. The van der Waals surface area contributed by atoms with E-state index < -0.39 is 0 Å². The van der Waals surface area contributed by atoms with Gasteiger partial charge in [0.1, 0.15) is 5.82 Å². The Bertz CT molecular complexity index is 1420. The Kier molecular flexibility index (Phi) is 4.13. The fourth-order valence-corrected chi connectivity index (χ4v) is 4.08. The Hall–Kier alpha value is -3.53. The van der Waals surface area contributed by atoms with Crippen molar-refractivity contribution in [2.75, 3.05) is 14.2 Å². The number of hydrogen-bond acceptors (Lipinski definition) is 7. The first-order chi connectivity index (χ1) is 14.2. The van der Waals surface area contributed by atoms with E-state index in [-0.39, 0.29) is 5.56 Å². The molecular formula is C19H16N6O3S. The molecule has 0 amide bonds. The molecule has 0 spiro atoms. The molecule has 0 saturated heterocycles. The third kappa shape index (κ3) is 2.88. The molecule has 0 aliphatic heterocycles. The van der Waals surface area contributed by atoms with Crippen LogP contribution < -0.4 is 15.0 Å². The van der Waals surface area contributed by atoms with Gasteiger partial charge in [-0.15, -0.1) is 5.10 Å².